The highest BCUT2D eigenvalue weighted by molar-refractivity contribution is 6.30. The Kier molecular flexibility index (Phi) is 3.16. The van der Waals surface area contributed by atoms with E-state index < -0.39 is 0 Å². The highest BCUT2D eigenvalue weighted by Crippen LogP contribution is 2.16. The van der Waals surface area contributed by atoms with E-state index in [9.17, 15) is 4.79 Å². The predicted molar refractivity (Wildman–Crippen MR) is 81.0 cm³/mol. The summed E-state index contributed by atoms with van der Waals surface area (Å²) in [6, 6.07) is 12.8. The van der Waals surface area contributed by atoms with Crippen LogP contribution in [0.15, 0.2) is 53.5 Å². The zero-order chi connectivity index (χ0) is 14.1. The van der Waals surface area contributed by atoms with E-state index in [4.69, 9.17) is 17.3 Å². The minimum absolute atomic E-state index is 0.151. The average Bonchev–Trinajstić information content (AvgIpc) is 2.42. The van der Waals surface area contributed by atoms with Crippen molar-refractivity contribution in [2.24, 2.45) is 0 Å². The number of benzene rings is 2. The zero-order valence-electron chi connectivity index (χ0n) is 10.6. The van der Waals surface area contributed by atoms with Crippen molar-refractivity contribution in [1.29, 1.82) is 0 Å². The minimum Gasteiger partial charge on any atom is -0.399 e. The van der Waals surface area contributed by atoms with Crippen LogP contribution in [0.25, 0.3) is 11.0 Å². The van der Waals surface area contributed by atoms with Crippen LogP contribution in [0.1, 0.15) is 5.56 Å². The Labute approximate surface area is 120 Å². The maximum Gasteiger partial charge on any atom is 0.269 e. The van der Waals surface area contributed by atoms with Gasteiger partial charge in [0, 0.05) is 10.7 Å². The normalized spacial score (nSPS) is 10.8. The molecule has 3 rings (SSSR count). The lowest BCUT2D eigenvalue weighted by atomic mass is 10.2. The molecular formula is C15H12ClN3O. The molecule has 2 N–H and O–H groups in total. The summed E-state index contributed by atoms with van der Waals surface area (Å²) in [7, 11) is 0. The number of hydrogen-bond acceptors (Lipinski definition) is 3. The number of nitrogens with two attached hydrogens (primary N) is 1. The second-order valence-electron chi connectivity index (χ2n) is 4.56. The summed E-state index contributed by atoms with van der Waals surface area (Å²) in [5.41, 5.74) is 8.63. The maximum absolute atomic E-state index is 12.0. The molecule has 0 amide bonds. The van der Waals surface area contributed by atoms with Gasteiger partial charge in [0.05, 0.1) is 23.8 Å². The van der Waals surface area contributed by atoms with Gasteiger partial charge >= 0.3 is 0 Å². The number of halogens is 1. The van der Waals surface area contributed by atoms with E-state index in [1.165, 1.54) is 6.20 Å². The van der Waals surface area contributed by atoms with Gasteiger partial charge in [0.25, 0.3) is 5.56 Å². The summed E-state index contributed by atoms with van der Waals surface area (Å²) in [5.74, 6) is 0. The molecule has 0 unspecified atom stereocenters. The van der Waals surface area contributed by atoms with Gasteiger partial charge in [-0.05, 0) is 35.9 Å². The van der Waals surface area contributed by atoms with Gasteiger partial charge in [-0.15, -0.1) is 0 Å². The third kappa shape index (κ3) is 2.38. The van der Waals surface area contributed by atoms with Crippen LogP contribution in [-0.4, -0.2) is 9.55 Å². The van der Waals surface area contributed by atoms with Gasteiger partial charge in [0.2, 0.25) is 0 Å². The number of nitrogens with zero attached hydrogens (tertiary/aromatic N) is 2. The number of nitrogen functional groups attached to an aromatic ring is 1. The molecule has 1 heterocycles. The van der Waals surface area contributed by atoms with Crippen LogP contribution in [0.3, 0.4) is 0 Å². The Morgan fingerprint density at radius 2 is 2.05 bits per heavy atom. The topological polar surface area (TPSA) is 60.9 Å². The molecule has 1 aromatic heterocycles. The summed E-state index contributed by atoms with van der Waals surface area (Å²) in [6.07, 6.45) is 1.31. The van der Waals surface area contributed by atoms with E-state index in [1.54, 1.807) is 22.8 Å². The first-order valence-electron chi connectivity index (χ1n) is 6.13. The molecule has 0 atom stereocenters. The van der Waals surface area contributed by atoms with Crippen molar-refractivity contribution >= 4 is 28.3 Å². The first kappa shape index (κ1) is 12.7. The third-order valence-electron chi connectivity index (χ3n) is 3.10. The summed E-state index contributed by atoms with van der Waals surface area (Å²) in [4.78, 5) is 16.2. The summed E-state index contributed by atoms with van der Waals surface area (Å²) in [5, 5.41) is 0.651. The molecule has 0 fully saturated rings. The molecule has 0 radical (unpaired) electrons. The quantitative estimate of drug-likeness (QED) is 0.737. The predicted octanol–water partition coefficient (Wildman–Crippen LogP) is 2.68. The highest BCUT2D eigenvalue weighted by atomic mass is 35.5. The monoisotopic (exact) mass is 285 g/mol. The molecular weight excluding hydrogens is 274 g/mol. The third-order valence-corrected chi connectivity index (χ3v) is 3.34. The van der Waals surface area contributed by atoms with Gasteiger partial charge in [-0.25, -0.2) is 4.98 Å². The molecule has 0 saturated carbocycles. The summed E-state index contributed by atoms with van der Waals surface area (Å²) < 4.78 is 1.66. The fourth-order valence-corrected chi connectivity index (χ4v) is 2.38. The SMILES string of the molecule is Nc1ccc2c(c1)ncc(=O)n2Cc1cccc(Cl)c1. The van der Waals surface area contributed by atoms with Crippen LogP contribution in [0, 0.1) is 0 Å². The summed E-state index contributed by atoms with van der Waals surface area (Å²) in [6.45, 7) is 0.447. The van der Waals surface area contributed by atoms with Crippen LogP contribution >= 0.6 is 11.6 Å². The highest BCUT2D eigenvalue weighted by Gasteiger charge is 2.05. The van der Waals surface area contributed by atoms with Gasteiger partial charge in [-0.2, -0.15) is 0 Å². The van der Waals surface area contributed by atoms with Crippen LogP contribution in [0.5, 0.6) is 0 Å². The van der Waals surface area contributed by atoms with Crippen molar-refractivity contribution < 1.29 is 0 Å². The molecule has 3 aromatic rings. The van der Waals surface area contributed by atoms with Crippen molar-refractivity contribution in [3.63, 3.8) is 0 Å². The molecule has 0 spiro atoms. The molecule has 0 aliphatic rings. The van der Waals surface area contributed by atoms with Crippen molar-refractivity contribution in [3.05, 3.63) is 69.6 Å². The molecule has 0 aliphatic heterocycles. The molecule has 100 valence electrons. The van der Waals surface area contributed by atoms with E-state index in [0.717, 1.165) is 11.1 Å². The first-order valence-corrected chi connectivity index (χ1v) is 6.51. The zero-order valence-corrected chi connectivity index (χ0v) is 11.3. The van der Waals surface area contributed by atoms with Crippen molar-refractivity contribution in [3.8, 4) is 0 Å². The molecule has 0 bridgehead atoms. The van der Waals surface area contributed by atoms with Crippen LogP contribution in [0.4, 0.5) is 5.69 Å². The van der Waals surface area contributed by atoms with E-state index in [-0.39, 0.29) is 5.56 Å². The van der Waals surface area contributed by atoms with Crippen molar-refractivity contribution in [1.82, 2.24) is 9.55 Å². The molecule has 4 nitrogen and oxygen atoms in total. The lowest BCUT2D eigenvalue weighted by Gasteiger charge is -2.10. The maximum atomic E-state index is 12.0. The summed E-state index contributed by atoms with van der Waals surface area (Å²) >= 11 is 5.97. The van der Waals surface area contributed by atoms with Crippen LogP contribution in [0.2, 0.25) is 5.02 Å². The van der Waals surface area contributed by atoms with Gasteiger partial charge in [0.1, 0.15) is 0 Å². The van der Waals surface area contributed by atoms with Crippen LogP contribution in [-0.2, 0) is 6.54 Å². The van der Waals surface area contributed by atoms with E-state index in [2.05, 4.69) is 4.98 Å². The Morgan fingerprint density at radius 3 is 2.85 bits per heavy atom. The first-order chi connectivity index (χ1) is 9.63. The van der Waals surface area contributed by atoms with Gasteiger partial charge in [0.15, 0.2) is 0 Å². The molecule has 0 saturated heterocycles. The Morgan fingerprint density at radius 1 is 1.20 bits per heavy atom. The fourth-order valence-electron chi connectivity index (χ4n) is 2.17. The molecule has 20 heavy (non-hydrogen) atoms. The number of rotatable bonds is 2. The smallest absolute Gasteiger partial charge is 0.269 e. The van der Waals surface area contributed by atoms with Crippen molar-refractivity contribution in [2.75, 3.05) is 5.73 Å². The van der Waals surface area contributed by atoms with Crippen molar-refractivity contribution in [2.45, 2.75) is 6.54 Å². The number of anilines is 1. The van der Waals surface area contributed by atoms with E-state index in [0.29, 0.717) is 22.8 Å². The Balaban J connectivity index is 2.15. The van der Waals surface area contributed by atoms with Gasteiger partial charge in [-0.3, -0.25) is 4.79 Å². The standard InChI is InChI=1S/C15H12ClN3O/c16-11-3-1-2-10(6-11)9-19-14-5-4-12(17)7-13(14)18-8-15(19)20/h1-8H,9,17H2. The molecule has 5 heteroatoms. The molecule has 0 aliphatic carbocycles. The lowest BCUT2D eigenvalue weighted by molar-refractivity contribution is 0.787. The minimum atomic E-state index is -0.151. The lowest BCUT2D eigenvalue weighted by Crippen LogP contribution is -2.21. The second-order valence-corrected chi connectivity index (χ2v) is 5.00. The van der Waals surface area contributed by atoms with Crippen LogP contribution < -0.4 is 11.3 Å². The molecule has 2 aromatic carbocycles. The van der Waals surface area contributed by atoms with Gasteiger partial charge in [-0.1, -0.05) is 23.7 Å². The number of hydrogen-bond donors (Lipinski definition) is 1. The van der Waals surface area contributed by atoms with Gasteiger partial charge < -0.3 is 10.3 Å². The van der Waals surface area contributed by atoms with E-state index in [1.807, 2.05) is 24.3 Å². The van der Waals surface area contributed by atoms with E-state index >= 15 is 0 Å². The second kappa shape index (κ2) is 4.98. The largest absolute Gasteiger partial charge is 0.399 e. The number of fused-ring (bicyclic) bond motifs is 1. The number of aromatic nitrogens is 2. The fraction of sp³-hybridized carbons (Fsp3) is 0.0667. The Hall–Kier alpha value is -2.33. The Bertz CT molecular complexity index is 842. The average molecular weight is 286 g/mol.